The van der Waals surface area contributed by atoms with Crippen LogP contribution in [0.15, 0.2) is 30.3 Å². The number of hydrogen-bond donors (Lipinski definition) is 1. The summed E-state index contributed by atoms with van der Waals surface area (Å²) in [5.74, 6) is 5.88. The topological polar surface area (TPSA) is 29.3 Å². The maximum Gasteiger partial charge on any atom is 0.0379 e. The molecule has 1 aromatic rings. The van der Waals surface area contributed by atoms with Crippen molar-refractivity contribution >= 4 is 0 Å². The van der Waals surface area contributed by atoms with Gasteiger partial charge in [-0.15, -0.1) is 0 Å². The molecule has 0 aliphatic heterocycles. The number of rotatable bonds is 6. The van der Waals surface area contributed by atoms with Crippen molar-refractivity contribution in [3.63, 3.8) is 0 Å². The Morgan fingerprint density at radius 1 is 1.14 bits per heavy atom. The Morgan fingerprint density at radius 3 is 2.50 bits per heavy atom. The average molecular weight is 192 g/mol. The van der Waals surface area contributed by atoms with Crippen LogP contribution in [0.1, 0.15) is 31.7 Å². The summed E-state index contributed by atoms with van der Waals surface area (Å²) in [6.45, 7) is 4.05. The van der Waals surface area contributed by atoms with E-state index in [2.05, 4.69) is 31.2 Å². The fraction of sp³-hybridized carbons (Fsp3) is 0.500. The summed E-state index contributed by atoms with van der Waals surface area (Å²) in [4.78, 5) is 0. The first-order valence-electron chi connectivity index (χ1n) is 5.36. The summed E-state index contributed by atoms with van der Waals surface area (Å²) in [6, 6.07) is 10.4. The van der Waals surface area contributed by atoms with E-state index in [9.17, 15) is 0 Å². The quantitative estimate of drug-likeness (QED) is 0.426. The zero-order valence-corrected chi connectivity index (χ0v) is 8.95. The largest absolute Gasteiger partial charge is 0.268 e. The molecule has 14 heavy (non-hydrogen) atoms. The van der Waals surface area contributed by atoms with Crippen LogP contribution in [0.3, 0.4) is 0 Å². The number of hydrazine groups is 1. The molecular weight excluding hydrogens is 172 g/mol. The van der Waals surface area contributed by atoms with Crippen LogP contribution in [-0.4, -0.2) is 11.6 Å². The van der Waals surface area contributed by atoms with Crippen molar-refractivity contribution in [2.75, 3.05) is 6.54 Å². The minimum absolute atomic E-state index is 0.852. The summed E-state index contributed by atoms with van der Waals surface area (Å²) in [7, 11) is 0. The molecule has 0 saturated carbocycles. The minimum Gasteiger partial charge on any atom is -0.268 e. The van der Waals surface area contributed by atoms with E-state index in [4.69, 9.17) is 5.84 Å². The normalized spacial score (nSPS) is 10.8. The zero-order valence-electron chi connectivity index (χ0n) is 8.95. The fourth-order valence-corrected chi connectivity index (χ4v) is 1.46. The second-order valence-corrected chi connectivity index (χ2v) is 3.66. The molecule has 2 nitrogen and oxygen atoms in total. The van der Waals surface area contributed by atoms with Gasteiger partial charge in [-0.1, -0.05) is 50.1 Å². The SMILES string of the molecule is CCCCCN(N)Cc1ccccc1. The molecule has 0 atom stereocenters. The molecule has 0 aliphatic rings. The van der Waals surface area contributed by atoms with Gasteiger partial charge in [-0.3, -0.25) is 5.84 Å². The van der Waals surface area contributed by atoms with Crippen molar-refractivity contribution < 1.29 is 0 Å². The number of nitrogens with two attached hydrogens (primary N) is 1. The highest BCUT2D eigenvalue weighted by Crippen LogP contribution is 2.02. The van der Waals surface area contributed by atoms with E-state index in [0.29, 0.717) is 0 Å². The molecule has 0 aliphatic carbocycles. The Kier molecular flexibility index (Phi) is 5.27. The number of nitrogens with zero attached hydrogens (tertiary/aromatic N) is 1. The van der Waals surface area contributed by atoms with Gasteiger partial charge in [-0.25, -0.2) is 5.01 Å². The lowest BCUT2D eigenvalue weighted by Gasteiger charge is -2.15. The molecule has 0 heterocycles. The van der Waals surface area contributed by atoms with Gasteiger partial charge in [-0.2, -0.15) is 0 Å². The van der Waals surface area contributed by atoms with E-state index < -0.39 is 0 Å². The van der Waals surface area contributed by atoms with E-state index in [0.717, 1.165) is 13.1 Å². The van der Waals surface area contributed by atoms with E-state index in [-0.39, 0.29) is 0 Å². The molecule has 1 aromatic carbocycles. The van der Waals surface area contributed by atoms with Gasteiger partial charge in [0.2, 0.25) is 0 Å². The van der Waals surface area contributed by atoms with Crippen LogP contribution in [0.5, 0.6) is 0 Å². The zero-order chi connectivity index (χ0) is 10.2. The van der Waals surface area contributed by atoms with E-state index in [1.165, 1.54) is 24.8 Å². The molecule has 0 unspecified atom stereocenters. The molecule has 0 aromatic heterocycles. The molecule has 0 spiro atoms. The first-order chi connectivity index (χ1) is 6.83. The molecule has 2 heteroatoms. The predicted molar refractivity (Wildman–Crippen MR) is 60.6 cm³/mol. The van der Waals surface area contributed by atoms with Crippen LogP contribution in [0, 0.1) is 0 Å². The predicted octanol–water partition coefficient (Wildman–Crippen LogP) is 2.55. The lowest BCUT2D eigenvalue weighted by molar-refractivity contribution is 0.268. The number of benzene rings is 1. The van der Waals surface area contributed by atoms with Gasteiger partial charge in [0.15, 0.2) is 0 Å². The highest BCUT2D eigenvalue weighted by atomic mass is 15.4. The summed E-state index contributed by atoms with van der Waals surface area (Å²) in [5.41, 5.74) is 1.28. The van der Waals surface area contributed by atoms with Crippen molar-refractivity contribution in [1.29, 1.82) is 0 Å². The van der Waals surface area contributed by atoms with Crippen LogP contribution in [-0.2, 0) is 6.54 Å². The molecular formula is C12H20N2. The summed E-state index contributed by atoms with van der Waals surface area (Å²) < 4.78 is 0. The van der Waals surface area contributed by atoms with Crippen molar-refractivity contribution in [3.05, 3.63) is 35.9 Å². The van der Waals surface area contributed by atoms with Crippen LogP contribution in [0.2, 0.25) is 0 Å². The smallest absolute Gasteiger partial charge is 0.0379 e. The first kappa shape index (κ1) is 11.2. The summed E-state index contributed by atoms with van der Waals surface area (Å²) >= 11 is 0. The van der Waals surface area contributed by atoms with Crippen LogP contribution in [0.25, 0.3) is 0 Å². The minimum atomic E-state index is 0.852. The maximum absolute atomic E-state index is 5.88. The van der Waals surface area contributed by atoms with Crippen molar-refractivity contribution in [1.82, 2.24) is 5.01 Å². The third-order valence-electron chi connectivity index (χ3n) is 2.28. The Labute approximate surface area is 86.7 Å². The molecule has 0 bridgehead atoms. The van der Waals surface area contributed by atoms with Crippen molar-refractivity contribution in [3.8, 4) is 0 Å². The highest BCUT2D eigenvalue weighted by molar-refractivity contribution is 5.14. The lowest BCUT2D eigenvalue weighted by atomic mass is 10.2. The Bertz CT molecular complexity index is 233. The average Bonchev–Trinajstić information content (AvgIpc) is 2.20. The third kappa shape index (κ3) is 4.40. The molecule has 2 N–H and O–H groups in total. The highest BCUT2D eigenvalue weighted by Gasteiger charge is 1.98. The molecule has 1 rings (SSSR count). The molecule has 78 valence electrons. The van der Waals surface area contributed by atoms with Gasteiger partial charge in [0.25, 0.3) is 0 Å². The number of unbranched alkanes of at least 4 members (excludes halogenated alkanes) is 2. The standard InChI is InChI=1S/C12H20N2/c1-2-3-7-10-14(13)11-12-8-5-4-6-9-12/h4-6,8-9H,2-3,7,10-11,13H2,1H3. The van der Waals surface area contributed by atoms with Gasteiger partial charge in [0.05, 0.1) is 0 Å². The van der Waals surface area contributed by atoms with E-state index in [1.54, 1.807) is 0 Å². The molecule has 0 amide bonds. The van der Waals surface area contributed by atoms with Gasteiger partial charge in [0, 0.05) is 13.1 Å². The summed E-state index contributed by atoms with van der Waals surface area (Å²) in [5, 5.41) is 1.89. The Morgan fingerprint density at radius 2 is 1.86 bits per heavy atom. The second kappa shape index (κ2) is 6.57. The molecule has 0 radical (unpaired) electrons. The van der Waals surface area contributed by atoms with Crippen LogP contribution >= 0.6 is 0 Å². The van der Waals surface area contributed by atoms with Gasteiger partial charge in [-0.05, 0) is 12.0 Å². The lowest BCUT2D eigenvalue weighted by Crippen LogP contribution is -2.31. The maximum atomic E-state index is 5.88. The van der Waals surface area contributed by atoms with Crippen molar-refractivity contribution in [2.45, 2.75) is 32.7 Å². The van der Waals surface area contributed by atoms with Gasteiger partial charge < -0.3 is 0 Å². The van der Waals surface area contributed by atoms with Gasteiger partial charge in [0.1, 0.15) is 0 Å². The van der Waals surface area contributed by atoms with Gasteiger partial charge >= 0.3 is 0 Å². The van der Waals surface area contributed by atoms with E-state index >= 15 is 0 Å². The third-order valence-corrected chi connectivity index (χ3v) is 2.28. The summed E-state index contributed by atoms with van der Waals surface area (Å²) in [6.07, 6.45) is 3.71. The molecule has 0 saturated heterocycles. The Balaban J connectivity index is 2.23. The Hall–Kier alpha value is -0.860. The second-order valence-electron chi connectivity index (χ2n) is 3.66. The van der Waals surface area contributed by atoms with E-state index in [1.807, 2.05) is 11.1 Å². The van der Waals surface area contributed by atoms with Crippen LogP contribution in [0.4, 0.5) is 0 Å². The molecule has 0 fully saturated rings. The number of hydrogen-bond acceptors (Lipinski definition) is 2. The fourth-order valence-electron chi connectivity index (χ4n) is 1.46. The van der Waals surface area contributed by atoms with Crippen molar-refractivity contribution in [2.24, 2.45) is 5.84 Å². The first-order valence-corrected chi connectivity index (χ1v) is 5.36. The van der Waals surface area contributed by atoms with Crippen LogP contribution < -0.4 is 5.84 Å². The monoisotopic (exact) mass is 192 g/mol.